The number of carbonyl (C=O) groups excluding carboxylic acids is 2. The van der Waals surface area contributed by atoms with Crippen LogP contribution >= 0.6 is 0 Å². The number of rotatable bonds is 8. The van der Waals surface area contributed by atoms with Gasteiger partial charge in [-0.2, -0.15) is 0 Å². The number of aromatic amines is 1. The summed E-state index contributed by atoms with van der Waals surface area (Å²) in [5, 5.41) is 0. The molecule has 5 nitrogen and oxygen atoms in total. The van der Waals surface area contributed by atoms with Gasteiger partial charge in [-0.3, -0.25) is 4.79 Å². The molecule has 1 atom stereocenters. The zero-order valence-electron chi connectivity index (χ0n) is 19.4. The molecule has 1 fully saturated rings. The van der Waals surface area contributed by atoms with E-state index >= 15 is 0 Å². The second-order valence-electron chi connectivity index (χ2n) is 9.13. The molecule has 172 valence electrons. The summed E-state index contributed by atoms with van der Waals surface area (Å²) < 4.78 is 10.9. The van der Waals surface area contributed by atoms with Crippen LogP contribution in [-0.4, -0.2) is 30.0 Å². The summed E-state index contributed by atoms with van der Waals surface area (Å²) >= 11 is 0. The highest BCUT2D eigenvalue weighted by atomic mass is 16.5. The molecule has 0 unspecified atom stereocenters. The van der Waals surface area contributed by atoms with Crippen LogP contribution < -0.4 is 4.74 Å². The fraction of sp³-hybridized carbons (Fsp3) is 0.556. The lowest BCUT2D eigenvalue weighted by Crippen LogP contribution is -2.19. The largest absolute Gasteiger partial charge is 0.494 e. The molecule has 1 aromatic heterocycles. The zero-order valence-corrected chi connectivity index (χ0v) is 19.4. The van der Waals surface area contributed by atoms with Gasteiger partial charge in [0.25, 0.3) is 0 Å². The number of carbonyl (C=O) groups is 2. The molecule has 0 spiro atoms. The fourth-order valence-electron chi connectivity index (χ4n) is 5.42. The van der Waals surface area contributed by atoms with Gasteiger partial charge in [0.2, 0.25) is 0 Å². The Morgan fingerprint density at radius 1 is 1.03 bits per heavy atom. The molecule has 5 heteroatoms. The SMILES string of the molecule is CCOC(=O)c1[nH]c2c(c1CCC1CCCCC1)C(=O)C[C@@H](c1ccc(OCC)cc1)C2. The molecule has 1 aromatic carbocycles. The molecule has 2 aliphatic rings. The van der Waals surface area contributed by atoms with Crippen molar-refractivity contribution in [2.45, 2.75) is 77.6 Å². The molecule has 2 aliphatic carbocycles. The average Bonchev–Trinajstić information content (AvgIpc) is 3.18. The lowest BCUT2D eigenvalue weighted by atomic mass is 9.80. The third-order valence-corrected chi connectivity index (χ3v) is 7.01. The first-order chi connectivity index (χ1) is 15.6. The molecule has 0 radical (unpaired) electrons. The Hall–Kier alpha value is -2.56. The Kier molecular flexibility index (Phi) is 7.33. The van der Waals surface area contributed by atoms with Gasteiger partial charge in [-0.15, -0.1) is 0 Å². The van der Waals surface area contributed by atoms with Crippen LogP contribution in [0.25, 0.3) is 0 Å². The molecule has 0 saturated heterocycles. The van der Waals surface area contributed by atoms with E-state index in [0.717, 1.165) is 47.4 Å². The molecule has 2 aromatic rings. The maximum atomic E-state index is 13.3. The first kappa shape index (κ1) is 22.6. The molecular weight excluding hydrogens is 402 g/mol. The van der Waals surface area contributed by atoms with Crippen molar-refractivity contribution in [3.8, 4) is 5.75 Å². The summed E-state index contributed by atoms with van der Waals surface area (Å²) in [6, 6.07) is 8.03. The van der Waals surface area contributed by atoms with E-state index in [-0.39, 0.29) is 17.7 Å². The number of hydrogen-bond acceptors (Lipinski definition) is 4. The molecule has 0 bridgehead atoms. The quantitative estimate of drug-likeness (QED) is 0.513. The summed E-state index contributed by atoms with van der Waals surface area (Å²) in [5.41, 5.74) is 4.16. The van der Waals surface area contributed by atoms with E-state index in [9.17, 15) is 9.59 Å². The van der Waals surface area contributed by atoms with Crippen molar-refractivity contribution < 1.29 is 19.1 Å². The first-order valence-electron chi connectivity index (χ1n) is 12.3. The molecule has 32 heavy (non-hydrogen) atoms. The first-order valence-corrected chi connectivity index (χ1v) is 12.3. The number of ketones is 1. The number of nitrogens with one attached hydrogen (secondary N) is 1. The van der Waals surface area contributed by atoms with Crippen molar-refractivity contribution in [1.29, 1.82) is 0 Å². The molecule has 4 rings (SSSR count). The highest BCUT2D eigenvalue weighted by molar-refractivity contribution is 6.03. The van der Waals surface area contributed by atoms with Gasteiger partial charge in [0, 0.05) is 17.7 Å². The van der Waals surface area contributed by atoms with E-state index in [4.69, 9.17) is 9.47 Å². The van der Waals surface area contributed by atoms with E-state index in [2.05, 4.69) is 4.98 Å². The van der Waals surface area contributed by atoms with Gasteiger partial charge in [-0.05, 0) is 68.2 Å². The summed E-state index contributed by atoms with van der Waals surface area (Å²) in [6.07, 6.45) is 9.44. The number of ether oxygens (including phenoxy) is 2. The molecule has 1 saturated carbocycles. The molecule has 1 heterocycles. The van der Waals surface area contributed by atoms with Gasteiger partial charge in [-0.1, -0.05) is 44.2 Å². The highest BCUT2D eigenvalue weighted by Crippen LogP contribution is 2.37. The maximum absolute atomic E-state index is 13.3. The van der Waals surface area contributed by atoms with Gasteiger partial charge >= 0.3 is 5.97 Å². The van der Waals surface area contributed by atoms with Gasteiger partial charge in [0.15, 0.2) is 5.78 Å². The van der Waals surface area contributed by atoms with Crippen molar-refractivity contribution in [2.24, 2.45) is 5.92 Å². The second-order valence-corrected chi connectivity index (χ2v) is 9.13. The second kappa shape index (κ2) is 10.4. The number of aromatic nitrogens is 1. The summed E-state index contributed by atoms with van der Waals surface area (Å²) in [5.74, 6) is 1.43. The summed E-state index contributed by atoms with van der Waals surface area (Å²) in [7, 11) is 0. The topological polar surface area (TPSA) is 68.4 Å². The van der Waals surface area contributed by atoms with Gasteiger partial charge in [0.05, 0.1) is 13.2 Å². The minimum absolute atomic E-state index is 0.102. The van der Waals surface area contributed by atoms with E-state index in [1.54, 1.807) is 0 Å². The van der Waals surface area contributed by atoms with E-state index < -0.39 is 0 Å². The van der Waals surface area contributed by atoms with Crippen LogP contribution in [0.5, 0.6) is 5.75 Å². The smallest absolute Gasteiger partial charge is 0.355 e. The van der Waals surface area contributed by atoms with Crippen LogP contribution in [-0.2, 0) is 17.6 Å². The minimum Gasteiger partial charge on any atom is -0.494 e. The van der Waals surface area contributed by atoms with E-state index in [1.165, 1.54) is 32.1 Å². The predicted octanol–water partition coefficient (Wildman–Crippen LogP) is 6.02. The van der Waals surface area contributed by atoms with E-state index in [0.29, 0.717) is 31.2 Å². The lowest BCUT2D eigenvalue weighted by Gasteiger charge is -2.24. The van der Waals surface area contributed by atoms with Gasteiger partial charge in [-0.25, -0.2) is 4.79 Å². The predicted molar refractivity (Wildman–Crippen MR) is 125 cm³/mol. The van der Waals surface area contributed by atoms with Crippen molar-refractivity contribution in [3.63, 3.8) is 0 Å². The number of H-pyrrole nitrogens is 1. The Bertz CT molecular complexity index is 937. The van der Waals surface area contributed by atoms with Crippen LogP contribution in [0.15, 0.2) is 24.3 Å². The number of benzene rings is 1. The van der Waals surface area contributed by atoms with Crippen LogP contribution in [0.4, 0.5) is 0 Å². The number of fused-ring (bicyclic) bond motifs is 1. The molecule has 1 N–H and O–H groups in total. The molecule has 0 aliphatic heterocycles. The normalized spacial score (nSPS) is 18.9. The monoisotopic (exact) mass is 437 g/mol. The third-order valence-electron chi connectivity index (χ3n) is 7.01. The number of hydrogen-bond donors (Lipinski definition) is 1. The van der Waals surface area contributed by atoms with Crippen molar-refractivity contribution >= 4 is 11.8 Å². The molecular formula is C27H35NO4. The van der Waals surface area contributed by atoms with Crippen LogP contribution in [0.1, 0.15) is 102 Å². The third kappa shape index (κ3) is 4.92. The van der Waals surface area contributed by atoms with Crippen LogP contribution in [0.2, 0.25) is 0 Å². The van der Waals surface area contributed by atoms with E-state index in [1.807, 2.05) is 38.1 Å². The highest BCUT2D eigenvalue weighted by Gasteiger charge is 2.34. The Morgan fingerprint density at radius 2 is 1.78 bits per heavy atom. The van der Waals surface area contributed by atoms with Crippen LogP contribution in [0.3, 0.4) is 0 Å². The fourth-order valence-corrected chi connectivity index (χ4v) is 5.42. The van der Waals surface area contributed by atoms with Crippen molar-refractivity contribution in [2.75, 3.05) is 13.2 Å². The minimum atomic E-state index is -0.342. The number of Topliss-reactive ketones (excluding diaryl/α,β-unsaturated/α-hetero) is 1. The Morgan fingerprint density at radius 3 is 2.47 bits per heavy atom. The number of esters is 1. The maximum Gasteiger partial charge on any atom is 0.355 e. The van der Waals surface area contributed by atoms with Crippen LogP contribution in [0, 0.1) is 5.92 Å². The zero-order chi connectivity index (χ0) is 22.5. The average molecular weight is 438 g/mol. The standard InChI is InChI=1S/C27H35NO4/c1-3-31-21-13-11-19(12-14-21)20-16-23-25(24(29)17-20)22(26(28-23)27(30)32-4-2)15-10-18-8-6-5-7-9-18/h11-14,18,20,28H,3-10,15-17H2,1-2H3/t20-/m0/s1. The Labute approximate surface area is 190 Å². The summed E-state index contributed by atoms with van der Waals surface area (Å²) in [4.78, 5) is 29.3. The Balaban J connectivity index is 1.58. The molecule has 0 amide bonds. The van der Waals surface area contributed by atoms with Gasteiger partial charge in [0.1, 0.15) is 11.4 Å². The van der Waals surface area contributed by atoms with Crippen molar-refractivity contribution in [1.82, 2.24) is 4.98 Å². The van der Waals surface area contributed by atoms with Crippen molar-refractivity contribution in [3.05, 3.63) is 52.3 Å². The lowest BCUT2D eigenvalue weighted by molar-refractivity contribution is 0.0518. The van der Waals surface area contributed by atoms with Gasteiger partial charge < -0.3 is 14.5 Å². The summed E-state index contributed by atoms with van der Waals surface area (Å²) in [6.45, 7) is 4.74.